The fourth-order valence-electron chi connectivity index (χ4n) is 2.94. The van der Waals surface area contributed by atoms with Crippen molar-refractivity contribution >= 4 is 10.0 Å². The van der Waals surface area contributed by atoms with Crippen LogP contribution in [0.25, 0.3) is 0 Å². The minimum absolute atomic E-state index is 0.0764. The van der Waals surface area contributed by atoms with Gasteiger partial charge in [0.2, 0.25) is 15.9 Å². The lowest BCUT2D eigenvalue weighted by Gasteiger charge is -2.29. The van der Waals surface area contributed by atoms with Crippen molar-refractivity contribution < 1.29 is 17.9 Å². The standard InChI is InChI=1S/C18H22N2O4S/c1-23-16-5-4-6-17(13-16)25(21,22)20-14-8-10-15(11-9-14)24-18-7-2-3-12-19-18/h2-7,12-15,20H,8-11H2,1H3. The van der Waals surface area contributed by atoms with Gasteiger partial charge in [-0.05, 0) is 43.9 Å². The summed E-state index contributed by atoms with van der Waals surface area (Å²) >= 11 is 0. The molecule has 0 spiro atoms. The van der Waals surface area contributed by atoms with Gasteiger partial charge < -0.3 is 9.47 Å². The molecule has 0 atom stereocenters. The third-order valence-corrected chi connectivity index (χ3v) is 5.79. The second kappa shape index (κ2) is 7.84. The van der Waals surface area contributed by atoms with Crippen molar-refractivity contribution in [3.63, 3.8) is 0 Å². The molecule has 0 unspecified atom stereocenters. The lowest BCUT2D eigenvalue weighted by Crippen LogP contribution is -2.39. The van der Waals surface area contributed by atoms with E-state index in [-0.39, 0.29) is 17.0 Å². The van der Waals surface area contributed by atoms with Crippen LogP contribution in [0.3, 0.4) is 0 Å². The predicted octanol–water partition coefficient (Wildman–Crippen LogP) is 2.76. The van der Waals surface area contributed by atoms with Crippen LogP contribution in [0.15, 0.2) is 53.6 Å². The van der Waals surface area contributed by atoms with Gasteiger partial charge in [-0.3, -0.25) is 0 Å². The van der Waals surface area contributed by atoms with Crippen LogP contribution in [-0.2, 0) is 10.0 Å². The minimum atomic E-state index is -3.55. The first-order valence-electron chi connectivity index (χ1n) is 8.31. The van der Waals surface area contributed by atoms with Gasteiger partial charge in [-0.25, -0.2) is 18.1 Å². The van der Waals surface area contributed by atoms with Crippen LogP contribution >= 0.6 is 0 Å². The molecule has 0 radical (unpaired) electrons. The van der Waals surface area contributed by atoms with Gasteiger partial charge in [0.15, 0.2) is 0 Å². The fourth-order valence-corrected chi connectivity index (χ4v) is 4.28. The largest absolute Gasteiger partial charge is 0.497 e. The third-order valence-electron chi connectivity index (χ3n) is 4.27. The molecule has 1 N–H and O–H groups in total. The second-order valence-corrected chi connectivity index (χ2v) is 7.77. The molecule has 6 nitrogen and oxygen atoms in total. The third kappa shape index (κ3) is 4.70. The van der Waals surface area contributed by atoms with E-state index in [4.69, 9.17) is 9.47 Å². The van der Waals surface area contributed by atoms with Crippen LogP contribution in [0.4, 0.5) is 0 Å². The Labute approximate surface area is 148 Å². The molecule has 1 fully saturated rings. The van der Waals surface area contributed by atoms with E-state index in [1.165, 1.54) is 13.2 Å². The Morgan fingerprint density at radius 2 is 1.88 bits per heavy atom. The zero-order valence-electron chi connectivity index (χ0n) is 14.1. The van der Waals surface area contributed by atoms with E-state index in [1.54, 1.807) is 24.4 Å². The topological polar surface area (TPSA) is 77.5 Å². The number of hydrogen-bond acceptors (Lipinski definition) is 5. The molecule has 1 heterocycles. The zero-order chi connectivity index (χ0) is 17.7. The molecule has 1 aliphatic carbocycles. The number of sulfonamides is 1. The highest BCUT2D eigenvalue weighted by atomic mass is 32.2. The van der Waals surface area contributed by atoms with Gasteiger partial charge in [-0.1, -0.05) is 12.1 Å². The van der Waals surface area contributed by atoms with Crippen molar-refractivity contribution in [2.45, 2.75) is 42.7 Å². The maximum atomic E-state index is 12.5. The van der Waals surface area contributed by atoms with E-state index in [1.807, 2.05) is 18.2 Å². The van der Waals surface area contributed by atoms with Gasteiger partial charge in [-0.15, -0.1) is 0 Å². The molecule has 0 amide bonds. The molecule has 25 heavy (non-hydrogen) atoms. The highest BCUT2D eigenvalue weighted by molar-refractivity contribution is 7.89. The van der Waals surface area contributed by atoms with Gasteiger partial charge >= 0.3 is 0 Å². The summed E-state index contributed by atoms with van der Waals surface area (Å²) in [5, 5.41) is 0. The van der Waals surface area contributed by atoms with Crippen LogP contribution < -0.4 is 14.2 Å². The number of benzene rings is 1. The first kappa shape index (κ1) is 17.7. The number of hydrogen-bond donors (Lipinski definition) is 1. The Bertz CT molecular complexity index is 788. The molecule has 1 aromatic carbocycles. The summed E-state index contributed by atoms with van der Waals surface area (Å²) < 4.78 is 38.8. The molecular formula is C18H22N2O4S. The number of rotatable bonds is 6. The number of methoxy groups -OCH3 is 1. The summed E-state index contributed by atoms with van der Waals surface area (Å²) in [5.41, 5.74) is 0. The highest BCUT2D eigenvalue weighted by Gasteiger charge is 2.27. The van der Waals surface area contributed by atoms with Crippen LogP contribution in [-0.4, -0.2) is 32.7 Å². The van der Waals surface area contributed by atoms with E-state index >= 15 is 0 Å². The molecule has 1 aromatic heterocycles. The van der Waals surface area contributed by atoms with E-state index in [0.29, 0.717) is 11.6 Å². The molecule has 0 saturated heterocycles. The van der Waals surface area contributed by atoms with Gasteiger partial charge in [0.05, 0.1) is 12.0 Å². The summed E-state index contributed by atoms with van der Waals surface area (Å²) in [7, 11) is -2.04. The average molecular weight is 362 g/mol. The maximum absolute atomic E-state index is 12.5. The van der Waals surface area contributed by atoms with E-state index in [9.17, 15) is 8.42 Å². The Balaban J connectivity index is 1.56. The predicted molar refractivity (Wildman–Crippen MR) is 94.2 cm³/mol. The smallest absolute Gasteiger partial charge is 0.240 e. The van der Waals surface area contributed by atoms with Crippen LogP contribution in [0, 0.1) is 0 Å². The minimum Gasteiger partial charge on any atom is -0.497 e. The molecule has 0 bridgehead atoms. The maximum Gasteiger partial charge on any atom is 0.240 e. The summed E-state index contributed by atoms with van der Waals surface area (Å²) in [6.07, 6.45) is 4.83. The van der Waals surface area contributed by atoms with Gasteiger partial charge in [0.1, 0.15) is 11.9 Å². The molecule has 134 valence electrons. The Kier molecular flexibility index (Phi) is 5.55. The lowest BCUT2D eigenvalue weighted by atomic mass is 9.94. The summed E-state index contributed by atoms with van der Waals surface area (Å²) in [6.45, 7) is 0. The monoisotopic (exact) mass is 362 g/mol. The molecule has 2 aromatic rings. The number of nitrogens with zero attached hydrogens (tertiary/aromatic N) is 1. The zero-order valence-corrected chi connectivity index (χ0v) is 14.9. The first-order valence-corrected chi connectivity index (χ1v) is 9.79. The van der Waals surface area contributed by atoms with Crippen molar-refractivity contribution in [3.8, 4) is 11.6 Å². The van der Waals surface area contributed by atoms with Crippen molar-refractivity contribution in [2.24, 2.45) is 0 Å². The Morgan fingerprint density at radius 3 is 2.56 bits per heavy atom. The van der Waals surface area contributed by atoms with Gasteiger partial charge in [0, 0.05) is 24.4 Å². The summed E-state index contributed by atoms with van der Waals surface area (Å²) in [5.74, 6) is 1.14. The fraction of sp³-hybridized carbons (Fsp3) is 0.389. The lowest BCUT2D eigenvalue weighted by molar-refractivity contribution is 0.138. The molecule has 1 saturated carbocycles. The average Bonchev–Trinajstić information content (AvgIpc) is 2.64. The first-order chi connectivity index (χ1) is 12.1. The highest BCUT2D eigenvalue weighted by Crippen LogP contribution is 2.24. The Morgan fingerprint density at radius 1 is 1.08 bits per heavy atom. The van der Waals surface area contributed by atoms with Gasteiger partial charge in [0.25, 0.3) is 0 Å². The summed E-state index contributed by atoms with van der Waals surface area (Å²) in [6, 6.07) is 12.0. The molecular weight excluding hydrogens is 340 g/mol. The Hall–Kier alpha value is -2.12. The number of pyridine rings is 1. The quantitative estimate of drug-likeness (QED) is 0.855. The van der Waals surface area contributed by atoms with Crippen LogP contribution in [0.2, 0.25) is 0 Å². The van der Waals surface area contributed by atoms with Crippen molar-refractivity contribution in [2.75, 3.05) is 7.11 Å². The number of ether oxygens (including phenoxy) is 2. The normalized spacial score (nSPS) is 20.8. The SMILES string of the molecule is COc1cccc(S(=O)(=O)NC2CCC(Oc3ccccn3)CC2)c1. The summed E-state index contributed by atoms with van der Waals surface area (Å²) in [4.78, 5) is 4.38. The molecule has 1 aliphatic rings. The van der Waals surface area contributed by atoms with Gasteiger partial charge in [-0.2, -0.15) is 0 Å². The van der Waals surface area contributed by atoms with E-state index in [2.05, 4.69) is 9.71 Å². The van der Waals surface area contributed by atoms with E-state index < -0.39 is 10.0 Å². The van der Waals surface area contributed by atoms with E-state index in [0.717, 1.165) is 25.7 Å². The van der Waals surface area contributed by atoms with Crippen molar-refractivity contribution in [1.29, 1.82) is 0 Å². The van der Waals surface area contributed by atoms with Crippen molar-refractivity contribution in [3.05, 3.63) is 48.7 Å². The number of aromatic nitrogens is 1. The molecule has 3 rings (SSSR count). The molecule has 7 heteroatoms. The van der Waals surface area contributed by atoms with Crippen LogP contribution in [0.5, 0.6) is 11.6 Å². The second-order valence-electron chi connectivity index (χ2n) is 6.06. The van der Waals surface area contributed by atoms with Crippen molar-refractivity contribution in [1.82, 2.24) is 9.71 Å². The number of nitrogens with one attached hydrogen (secondary N) is 1. The van der Waals surface area contributed by atoms with Crippen LogP contribution in [0.1, 0.15) is 25.7 Å². The molecule has 0 aliphatic heterocycles.